The van der Waals surface area contributed by atoms with Crippen molar-refractivity contribution >= 4 is 33.3 Å². The molecule has 72 valence electrons. The molecule has 1 aromatic rings. The third-order valence-corrected chi connectivity index (χ3v) is 3.76. The fourth-order valence-corrected chi connectivity index (χ4v) is 2.49. The molecule has 0 saturated heterocycles. The summed E-state index contributed by atoms with van der Waals surface area (Å²) in [5.41, 5.74) is 6.96. The van der Waals surface area contributed by atoms with Crippen LogP contribution in [0.4, 0.5) is 0 Å². The van der Waals surface area contributed by atoms with E-state index in [1.54, 1.807) is 11.3 Å². The lowest BCUT2D eigenvalue weighted by Gasteiger charge is -2.07. The second kappa shape index (κ2) is 4.94. The molecule has 1 rings (SSSR count). The van der Waals surface area contributed by atoms with E-state index in [-0.39, 0.29) is 0 Å². The van der Waals surface area contributed by atoms with E-state index in [1.807, 2.05) is 0 Å². The van der Waals surface area contributed by atoms with Crippen LogP contribution in [-0.4, -0.2) is 6.54 Å². The lowest BCUT2D eigenvalue weighted by atomic mass is 10.0. The van der Waals surface area contributed by atoms with Gasteiger partial charge in [-0.25, -0.2) is 0 Å². The third-order valence-electron chi connectivity index (χ3n) is 1.94. The van der Waals surface area contributed by atoms with Crippen LogP contribution in [0.3, 0.4) is 0 Å². The van der Waals surface area contributed by atoms with Crippen LogP contribution in [0.2, 0.25) is 0 Å². The quantitative estimate of drug-likeness (QED) is 0.884. The van der Waals surface area contributed by atoms with Crippen molar-refractivity contribution in [3.63, 3.8) is 0 Å². The first-order valence-electron chi connectivity index (χ1n) is 4.28. The predicted molar refractivity (Wildman–Crippen MR) is 63.9 cm³/mol. The number of halogens is 1. The SMILES string of the molecule is CC(C)/C(=C/c1sccc1Br)CN. The molecule has 13 heavy (non-hydrogen) atoms. The normalized spacial score (nSPS) is 12.5. The van der Waals surface area contributed by atoms with E-state index in [9.17, 15) is 0 Å². The molecule has 0 aliphatic heterocycles. The van der Waals surface area contributed by atoms with Crippen molar-refractivity contribution < 1.29 is 0 Å². The zero-order chi connectivity index (χ0) is 9.84. The Balaban J connectivity index is 2.91. The molecule has 0 saturated carbocycles. The van der Waals surface area contributed by atoms with Crippen molar-refractivity contribution in [1.29, 1.82) is 0 Å². The van der Waals surface area contributed by atoms with Gasteiger partial charge in [-0.15, -0.1) is 11.3 Å². The van der Waals surface area contributed by atoms with E-state index >= 15 is 0 Å². The summed E-state index contributed by atoms with van der Waals surface area (Å²) in [6.07, 6.45) is 2.18. The second-order valence-corrected chi connectivity index (χ2v) is 5.01. The molecular formula is C10H14BrNS. The monoisotopic (exact) mass is 259 g/mol. The Hall–Kier alpha value is -0.120. The van der Waals surface area contributed by atoms with Crippen LogP contribution in [0.15, 0.2) is 21.5 Å². The summed E-state index contributed by atoms with van der Waals surface area (Å²) in [4.78, 5) is 1.26. The van der Waals surface area contributed by atoms with E-state index in [2.05, 4.69) is 47.3 Å². The molecule has 0 aliphatic rings. The molecule has 0 unspecified atom stereocenters. The maximum Gasteiger partial charge on any atom is 0.0412 e. The van der Waals surface area contributed by atoms with E-state index in [0.717, 1.165) is 4.47 Å². The van der Waals surface area contributed by atoms with Gasteiger partial charge in [0.25, 0.3) is 0 Å². The van der Waals surface area contributed by atoms with Crippen LogP contribution in [-0.2, 0) is 0 Å². The van der Waals surface area contributed by atoms with Gasteiger partial charge >= 0.3 is 0 Å². The van der Waals surface area contributed by atoms with Crippen LogP contribution in [0, 0.1) is 5.92 Å². The van der Waals surface area contributed by atoms with Crippen LogP contribution in [0.5, 0.6) is 0 Å². The summed E-state index contributed by atoms with van der Waals surface area (Å²) in [5, 5.41) is 2.07. The summed E-state index contributed by atoms with van der Waals surface area (Å²) in [5.74, 6) is 0.527. The molecule has 0 atom stereocenters. The van der Waals surface area contributed by atoms with Crippen molar-refractivity contribution in [2.75, 3.05) is 6.54 Å². The molecule has 2 N–H and O–H groups in total. The Morgan fingerprint density at radius 2 is 2.38 bits per heavy atom. The molecule has 0 bridgehead atoms. The van der Waals surface area contributed by atoms with Gasteiger partial charge in [0.05, 0.1) is 0 Å². The highest BCUT2D eigenvalue weighted by Crippen LogP contribution is 2.26. The summed E-state index contributed by atoms with van der Waals surface area (Å²) >= 11 is 5.23. The zero-order valence-corrected chi connectivity index (χ0v) is 10.3. The minimum atomic E-state index is 0.527. The lowest BCUT2D eigenvalue weighted by molar-refractivity contribution is 0.753. The van der Waals surface area contributed by atoms with Crippen molar-refractivity contribution in [3.8, 4) is 0 Å². The molecule has 0 fully saturated rings. The summed E-state index contributed by atoms with van der Waals surface area (Å²) in [6, 6.07) is 2.06. The van der Waals surface area contributed by atoms with Gasteiger partial charge in [-0.1, -0.05) is 19.4 Å². The highest BCUT2D eigenvalue weighted by atomic mass is 79.9. The Morgan fingerprint density at radius 1 is 1.69 bits per heavy atom. The van der Waals surface area contributed by atoms with Crippen LogP contribution >= 0.6 is 27.3 Å². The molecule has 1 heterocycles. The predicted octanol–water partition coefficient (Wildman–Crippen LogP) is 3.51. The lowest BCUT2D eigenvalue weighted by Crippen LogP contribution is -2.07. The number of thiophene rings is 1. The maximum atomic E-state index is 5.66. The number of hydrogen-bond donors (Lipinski definition) is 1. The van der Waals surface area contributed by atoms with Crippen LogP contribution < -0.4 is 5.73 Å². The summed E-state index contributed by atoms with van der Waals surface area (Å²) < 4.78 is 1.16. The van der Waals surface area contributed by atoms with Crippen molar-refractivity contribution in [2.24, 2.45) is 11.7 Å². The van der Waals surface area contributed by atoms with Gasteiger partial charge in [0.1, 0.15) is 0 Å². The van der Waals surface area contributed by atoms with Gasteiger partial charge in [-0.05, 0) is 39.4 Å². The largest absolute Gasteiger partial charge is 0.327 e. The maximum absolute atomic E-state index is 5.66. The van der Waals surface area contributed by atoms with Gasteiger partial charge in [-0.3, -0.25) is 0 Å². The van der Waals surface area contributed by atoms with Crippen LogP contribution in [0.25, 0.3) is 6.08 Å². The molecule has 0 aromatic carbocycles. The van der Waals surface area contributed by atoms with Gasteiger partial charge in [-0.2, -0.15) is 0 Å². The first kappa shape index (κ1) is 11.0. The van der Waals surface area contributed by atoms with Gasteiger partial charge in [0.2, 0.25) is 0 Å². The third kappa shape index (κ3) is 2.93. The smallest absolute Gasteiger partial charge is 0.0412 e. The molecule has 1 aromatic heterocycles. The Morgan fingerprint density at radius 3 is 2.77 bits per heavy atom. The van der Waals surface area contributed by atoms with E-state index < -0.39 is 0 Å². The molecule has 1 nitrogen and oxygen atoms in total. The minimum absolute atomic E-state index is 0.527. The number of nitrogens with two attached hydrogens (primary N) is 1. The molecule has 0 aliphatic carbocycles. The van der Waals surface area contributed by atoms with E-state index in [1.165, 1.54) is 10.5 Å². The molecule has 0 radical (unpaired) electrons. The van der Waals surface area contributed by atoms with E-state index in [4.69, 9.17) is 5.73 Å². The van der Waals surface area contributed by atoms with Gasteiger partial charge in [0, 0.05) is 15.9 Å². The van der Waals surface area contributed by atoms with Crippen molar-refractivity contribution in [3.05, 3.63) is 26.4 Å². The first-order chi connectivity index (χ1) is 6.15. The number of rotatable bonds is 3. The van der Waals surface area contributed by atoms with Gasteiger partial charge in [0.15, 0.2) is 0 Å². The minimum Gasteiger partial charge on any atom is -0.327 e. The van der Waals surface area contributed by atoms with Gasteiger partial charge < -0.3 is 5.73 Å². The standard InChI is InChI=1S/C10H14BrNS/c1-7(2)8(6-12)5-10-9(11)3-4-13-10/h3-5,7H,6,12H2,1-2H3/b8-5+. The molecular weight excluding hydrogens is 246 g/mol. The average molecular weight is 260 g/mol. The van der Waals surface area contributed by atoms with Crippen molar-refractivity contribution in [2.45, 2.75) is 13.8 Å². The topological polar surface area (TPSA) is 26.0 Å². The highest BCUT2D eigenvalue weighted by molar-refractivity contribution is 9.10. The number of hydrogen-bond acceptors (Lipinski definition) is 2. The van der Waals surface area contributed by atoms with Crippen LogP contribution in [0.1, 0.15) is 18.7 Å². The zero-order valence-electron chi connectivity index (χ0n) is 7.88. The van der Waals surface area contributed by atoms with Crippen molar-refractivity contribution in [1.82, 2.24) is 0 Å². The summed E-state index contributed by atoms with van der Waals surface area (Å²) in [7, 11) is 0. The first-order valence-corrected chi connectivity index (χ1v) is 5.96. The Labute approximate surface area is 91.8 Å². The fraction of sp³-hybridized carbons (Fsp3) is 0.400. The highest BCUT2D eigenvalue weighted by Gasteiger charge is 2.03. The Kier molecular flexibility index (Phi) is 4.16. The molecule has 3 heteroatoms. The van der Waals surface area contributed by atoms with E-state index in [0.29, 0.717) is 12.5 Å². The fourth-order valence-electron chi connectivity index (χ4n) is 1.04. The molecule has 0 spiro atoms. The molecule has 0 amide bonds. The Bertz CT molecular complexity index is 302. The second-order valence-electron chi connectivity index (χ2n) is 3.21. The summed E-state index contributed by atoms with van der Waals surface area (Å²) in [6.45, 7) is 4.97. The average Bonchev–Trinajstić information content (AvgIpc) is 2.46.